The number of carboxylic acid groups (broad SMARTS) is 1. The number of ether oxygens (including phenoxy) is 1. The minimum absolute atomic E-state index is 0.0137. The second-order valence-corrected chi connectivity index (χ2v) is 4.78. The predicted octanol–water partition coefficient (Wildman–Crippen LogP) is 1.14. The van der Waals surface area contributed by atoms with Gasteiger partial charge in [-0.2, -0.15) is 0 Å². The summed E-state index contributed by atoms with van der Waals surface area (Å²) in [6.45, 7) is 2.44. The SMILES string of the molecule is CCOc1ccc(NC(=O)N2C[C@@H](O)C[C@H]2C(=O)O)cc1. The number of likely N-dealkylation sites (tertiary alicyclic amines) is 1. The number of carbonyl (C=O) groups is 2. The summed E-state index contributed by atoms with van der Waals surface area (Å²) in [5, 5.41) is 21.2. The van der Waals surface area contributed by atoms with Gasteiger partial charge >= 0.3 is 12.0 Å². The van der Waals surface area contributed by atoms with E-state index in [9.17, 15) is 14.7 Å². The number of rotatable bonds is 4. The Kier molecular flexibility index (Phi) is 4.64. The predicted molar refractivity (Wildman–Crippen MR) is 75.4 cm³/mol. The summed E-state index contributed by atoms with van der Waals surface area (Å²) in [5.74, 6) is -0.427. The fourth-order valence-corrected chi connectivity index (χ4v) is 2.27. The number of hydrogen-bond acceptors (Lipinski definition) is 4. The molecule has 114 valence electrons. The number of carbonyl (C=O) groups excluding carboxylic acids is 1. The number of hydrogen-bond donors (Lipinski definition) is 3. The maximum Gasteiger partial charge on any atom is 0.326 e. The van der Waals surface area contributed by atoms with Gasteiger partial charge in [0.05, 0.1) is 12.7 Å². The first-order valence-electron chi connectivity index (χ1n) is 6.72. The van der Waals surface area contributed by atoms with Gasteiger partial charge in [-0.3, -0.25) is 0 Å². The Morgan fingerprint density at radius 3 is 2.62 bits per heavy atom. The number of benzene rings is 1. The van der Waals surface area contributed by atoms with Crippen LogP contribution in [-0.2, 0) is 4.79 Å². The molecule has 7 nitrogen and oxygen atoms in total. The minimum Gasteiger partial charge on any atom is -0.494 e. The average molecular weight is 294 g/mol. The molecule has 0 unspecified atom stereocenters. The van der Waals surface area contributed by atoms with Crippen molar-refractivity contribution in [3.8, 4) is 5.75 Å². The number of aliphatic hydroxyl groups excluding tert-OH is 1. The number of urea groups is 1. The summed E-state index contributed by atoms with van der Waals surface area (Å²) < 4.78 is 5.29. The van der Waals surface area contributed by atoms with Crippen molar-refractivity contribution >= 4 is 17.7 Å². The van der Waals surface area contributed by atoms with E-state index in [1.54, 1.807) is 24.3 Å². The summed E-state index contributed by atoms with van der Waals surface area (Å²) in [6, 6.07) is 5.24. The maximum absolute atomic E-state index is 12.1. The van der Waals surface area contributed by atoms with Gasteiger partial charge < -0.3 is 25.2 Å². The van der Waals surface area contributed by atoms with Gasteiger partial charge in [0.15, 0.2) is 0 Å². The number of β-amino-alcohol motifs (C(OH)–C–C–N with tert-alkyl or cyclic N) is 1. The molecule has 3 N–H and O–H groups in total. The van der Waals surface area contributed by atoms with Crippen LogP contribution in [-0.4, -0.2) is 52.4 Å². The number of aliphatic carboxylic acids is 1. The van der Waals surface area contributed by atoms with Gasteiger partial charge in [0, 0.05) is 18.7 Å². The molecule has 2 atom stereocenters. The molecule has 1 aliphatic rings. The first-order chi connectivity index (χ1) is 10.0. The van der Waals surface area contributed by atoms with E-state index >= 15 is 0 Å². The molecular weight excluding hydrogens is 276 g/mol. The van der Waals surface area contributed by atoms with E-state index in [1.165, 1.54) is 0 Å². The highest BCUT2D eigenvalue weighted by atomic mass is 16.5. The molecule has 0 saturated carbocycles. The van der Waals surface area contributed by atoms with Crippen molar-refractivity contribution in [2.24, 2.45) is 0 Å². The van der Waals surface area contributed by atoms with Gasteiger partial charge in [-0.15, -0.1) is 0 Å². The second kappa shape index (κ2) is 6.45. The summed E-state index contributed by atoms with van der Waals surface area (Å²) in [6.07, 6.45) is -0.761. The van der Waals surface area contributed by atoms with Crippen LogP contribution in [0.5, 0.6) is 5.75 Å². The van der Waals surface area contributed by atoms with Gasteiger partial charge in [0.25, 0.3) is 0 Å². The van der Waals surface area contributed by atoms with Crippen LogP contribution >= 0.6 is 0 Å². The number of amides is 2. The second-order valence-electron chi connectivity index (χ2n) is 4.78. The zero-order valence-corrected chi connectivity index (χ0v) is 11.7. The number of nitrogens with zero attached hydrogens (tertiary/aromatic N) is 1. The highest BCUT2D eigenvalue weighted by Gasteiger charge is 2.38. The van der Waals surface area contributed by atoms with Crippen molar-refractivity contribution in [1.29, 1.82) is 0 Å². The zero-order valence-electron chi connectivity index (χ0n) is 11.7. The molecule has 2 rings (SSSR count). The van der Waals surface area contributed by atoms with Gasteiger partial charge in [-0.05, 0) is 31.2 Å². The van der Waals surface area contributed by atoms with E-state index in [0.717, 1.165) is 4.90 Å². The van der Waals surface area contributed by atoms with E-state index in [-0.39, 0.29) is 13.0 Å². The van der Waals surface area contributed by atoms with Crippen molar-refractivity contribution in [3.63, 3.8) is 0 Å². The lowest BCUT2D eigenvalue weighted by molar-refractivity contribution is -0.141. The molecule has 1 aromatic rings. The molecular formula is C14H18N2O5. The third-order valence-electron chi connectivity index (χ3n) is 3.24. The fourth-order valence-electron chi connectivity index (χ4n) is 2.27. The summed E-state index contributed by atoms with van der Waals surface area (Å²) in [5.41, 5.74) is 0.536. The lowest BCUT2D eigenvalue weighted by atomic mass is 10.2. The molecule has 1 aromatic carbocycles. The van der Waals surface area contributed by atoms with E-state index in [2.05, 4.69) is 5.32 Å². The quantitative estimate of drug-likeness (QED) is 0.773. The zero-order chi connectivity index (χ0) is 15.4. The van der Waals surface area contributed by atoms with Crippen molar-refractivity contribution in [2.75, 3.05) is 18.5 Å². The van der Waals surface area contributed by atoms with Crippen LogP contribution in [0.3, 0.4) is 0 Å². The van der Waals surface area contributed by atoms with Crippen LogP contribution in [0.1, 0.15) is 13.3 Å². The lowest BCUT2D eigenvalue weighted by Crippen LogP contribution is -2.43. The fraction of sp³-hybridized carbons (Fsp3) is 0.429. The third-order valence-corrected chi connectivity index (χ3v) is 3.24. The standard InChI is InChI=1S/C14H18N2O5/c1-2-21-11-5-3-9(4-6-11)15-14(20)16-8-10(17)7-12(16)13(18)19/h3-6,10,12,17H,2,7-8H2,1H3,(H,15,20)(H,18,19)/t10-,12-/m0/s1. The molecule has 0 aliphatic carbocycles. The Labute approximate surface area is 122 Å². The maximum atomic E-state index is 12.1. The molecule has 0 radical (unpaired) electrons. The Morgan fingerprint density at radius 2 is 2.05 bits per heavy atom. The number of anilines is 1. The highest BCUT2D eigenvalue weighted by molar-refractivity contribution is 5.92. The topological polar surface area (TPSA) is 99.1 Å². The first kappa shape index (κ1) is 15.1. The van der Waals surface area contributed by atoms with Crippen LogP contribution in [0.25, 0.3) is 0 Å². The Hall–Kier alpha value is -2.28. The molecule has 1 aliphatic heterocycles. The summed E-state index contributed by atoms with van der Waals surface area (Å²) in [4.78, 5) is 24.3. The summed E-state index contributed by atoms with van der Waals surface area (Å²) in [7, 11) is 0. The van der Waals surface area contributed by atoms with E-state index in [0.29, 0.717) is 18.0 Å². The average Bonchev–Trinajstić information content (AvgIpc) is 2.84. The number of carboxylic acids is 1. The molecule has 0 bridgehead atoms. The van der Waals surface area contributed by atoms with Crippen LogP contribution in [0, 0.1) is 0 Å². The Bertz CT molecular complexity index is 517. The highest BCUT2D eigenvalue weighted by Crippen LogP contribution is 2.21. The van der Waals surface area contributed by atoms with Gasteiger partial charge in [0.1, 0.15) is 11.8 Å². The molecule has 2 amide bonds. The van der Waals surface area contributed by atoms with Crippen molar-refractivity contribution in [2.45, 2.75) is 25.5 Å². The van der Waals surface area contributed by atoms with Gasteiger partial charge in [-0.1, -0.05) is 0 Å². The molecule has 1 heterocycles. The van der Waals surface area contributed by atoms with Gasteiger partial charge in [-0.25, -0.2) is 9.59 Å². The van der Waals surface area contributed by atoms with Gasteiger partial charge in [0.2, 0.25) is 0 Å². The molecule has 1 fully saturated rings. The van der Waals surface area contributed by atoms with E-state index in [4.69, 9.17) is 9.84 Å². The van der Waals surface area contributed by atoms with Crippen LogP contribution in [0.15, 0.2) is 24.3 Å². The molecule has 0 aromatic heterocycles. The third kappa shape index (κ3) is 3.63. The molecule has 7 heteroatoms. The van der Waals surface area contributed by atoms with Crippen LogP contribution in [0.4, 0.5) is 10.5 Å². The molecule has 1 saturated heterocycles. The monoisotopic (exact) mass is 294 g/mol. The van der Waals surface area contributed by atoms with Crippen molar-refractivity contribution in [3.05, 3.63) is 24.3 Å². The first-order valence-corrected chi connectivity index (χ1v) is 6.72. The number of nitrogens with one attached hydrogen (secondary N) is 1. The number of aliphatic hydroxyl groups is 1. The Morgan fingerprint density at radius 1 is 1.38 bits per heavy atom. The largest absolute Gasteiger partial charge is 0.494 e. The van der Waals surface area contributed by atoms with Crippen molar-refractivity contribution in [1.82, 2.24) is 4.90 Å². The van der Waals surface area contributed by atoms with E-state index in [1.807, 2.05) is 6.92 Å². The lowest BCUT2D eigenvalue weighted by Gasteiger charge is -2.21. The normalized spacial score (nSPS) is 21.1. The van der Waals surface area contributed by atoms with Crippen LogP contribution in [0.2, 0.25) is 0 Å². The smallest absolute Gasteiger partial charge is 0.326 e. The summed E-state index contributed by atoms with van der Waals surface area (Å²) >= 11 is 0. The van der Waals surface area contributed by atoms with Crippen LogP contribution < -0.4 is 10.1 Å². The molecule has 0 spiro atoms. The Balaban J connectivity index is 2.01. The van der Waals surface area contributed by atoms with Crippen molar-refractivity contribution < 1.29 is 24.5 Å². The minimum atomic E-state index is -1.12. The molecule has 21 heavy (non-hydrogen) atoms. The van der Waals surface area contributed by atoms with E-state index < -0.39 is 24.1 Å².